The van der Waals surface area contributed by atoms with Crippen LogP contribution >= 0.6 is 0 Å². The van der Waals surface area contributed by atoms with Crippen molar-refractivity contribution in [1.82, 2.24) is 9.13 Å². The summed E-state index contributed by atoms with van der Waals surface area (Å²) < 4.78 is 10.9. The lowest BCUT2D eigenvalue weighted by Crippen LogP contribution is -2.37. The van der Waals surface area contributed by atoms with E-state index in [4.69, 9.17) is 15.5 Å². The summed E-state index contributed by atoms with van der Waals surface area (Å²) in [6.07, 6.45) is 37.6. The third-order valence-electron chi connectivity index (χ3n) is 12.7. The van der Waals surface area contributed by atoms with Crippen LogP contribution in [-0.4, -0.2) is 21.2 Å². The molecule has 6 aromatic rings. The number of aromatic nitrogens is 2. The third-order valence-corrected chi connectivity index (χ3v) is 12.7. The van der Waals surface area contributed by atoms with E-state index in [1.165, 1.54) is 62.2 Å². The summed E-state index contributed by atoms with van der Waals surface area (Å²) in [7, 11) is 0. The first-order valence-corrected chi connectivity index (χ1v) is 22.0. The van der Waals surface area contributed by atoms with Gasteiger partial charge in [-0.2, -0.15) is 0 Å². The number of hydrogen-bond donors (Lipinski definition) is 1. The SMILES string of the molecule is C/C=C\C=C/c1cn(C2=CCC3Oc4ccccc4C3=C2)c2ccc(-c3cccc4c3c3c(n4C(N)=N/C(=C\C(C)c4ccccc4)[C@H]4C=CCCCC4)=CC=CCC=3)cc12. The van der Waals surface area contributed by atoms with Crippen molar-refractivity contribution < 1.29 is 4.74 Å². The highest BCUT2D eigenvalue weighted by atomic mass is 16.5. The number of hydrogen-bond acceptors (Lipinski definition) is 2. The molecule has 0 radical (unpaired) electrons. The summed E-state index contributed by atoms with van der Waals surface area (Å²) in [5.74, 6) is 1.86. The van der Waals surface area contributed by atoms with E-state index in [9.17, 15) is 0 Å². The molecule has 5 heteroatoms. The van der Waals surface area contributed by atoms with Gasteiger partial charge in [0.1, 0.15) is 11.9 Å². The zero-order valence-electron chi connectivity index (χ0n) is 35.0. The van der Waals surface area contributed by atoms with Crippen LogP contribution in [0.5, 0.6) is 5.75 Å². The highest BCUT2D eigenvalue weighted by molar-refractivity contribution is 6.04. The quantitative estimate of drug-likeness (QED) is 0.0722. The van der Waals surface area contributed by atoms with Gasteiger partial charge in [0.15, 0.2) is 0 Å². The molecule has 0 spiro atoms. The van der Waals surface area contributed by atoms with Gasteiger partial charge in [0.2, 0.25) is 5.96 Å². The Morgan fingerprint density at radius 2 is 1.77 bits per heavy atom. The summed E-state index contributed by atoms with van der Waals surface area (Å²) >= 11 is 0. The zero-order chi connectivity index (χ0) is 41.3. The largest absolute Gasteiger partial charge is 0.485 e. The van der Waals surface area contributed by atoms with Crippen LogP contribution in [0.2, 0.25) is 0 Å². The number of allylic oxidation sites excluding steroid dienone is 10. The molecule has 302 valence electrons. The summed E-state index contributed by atoms with van der Waals surface area (Å²) in [6.45, 7) is 4.31. The average Bonchev–Trinajstić information content (AvgIpc) is 3.76. The second-order valence-electron chi connectivity index (χ2n) is 16.6. The Bertz CT molecular complexity index is 3050. The Morgan fingerprint density at radius 1 is 0.902 bits per heavy atom. The molecule has 1 aliphatic heterocycles. The summed E-state index contributed by atoms with van der Waals surface area (Å²) in [5.41, 5.74) is 18.9. The maximum atomic E-state index is 7.27. The molecule has 0 saturated heterocycles. The normalized spacial score (nSPS) is 19.4. The zero-order valence-corrected chi connectivity index (χ0v) is 35.0. The number of fused-ring (bicyclic) bond motifs is 7. The Morgan fingerprint density at radius 3 is 2.67 bits per heavy atom. The minimum absolute atomic E-state index is 0.0593. The highest BCUT2D eigenvalue weighted by Crippen LogP contribution is 2.43. The van der Waals surface area contributed by atoms with E-state index in [1.54, 1.807) is 0 Å². The van der Waals surface area contributed by atoms with Gasteiger partial charge in [0.05, 0.1) is 16.4 Å². The van der Waals surface area contributed by atoms with Gasteiger partial charge in [-0.15, -0.1) is 0 Å². The summed E-state index contributed by atoms with van der Waals surface area (Å²) in [5, 5.41) is 4.62. The lowest BCUT2D eigenvalue weighted by atomic mass is 9.94. The fourth-order valence-corrected chi connectivity index (χ4v) is 9.63. The lowest BCUT2D eigenvalue weighted by Gasteiger charge is -2.18. The van der Waals surface area contributed by atoms with Gasteiger partial charge in [-0.05, 0) is 85.7 Å². The monoisotopic (exact) mass is 796 g/mol. The maximum Gasteiger partial charge on any atom is 0.205 e. The maximum absolute atomic E-state index is 7.27. The molecule has 61 heavy (non-hydrogen) atoms. The molecular formula is C56H52N4O. The van der Waals surface area contributed by atoms with Gasteiger partial charge in [-0.1, -0.05) is 147 Å². The first-order valence-electron chi connectivity index (χ1n) is 22.0. The lowest BCUT2D eigenvalue weighted by molar-refractivity contribution is 0.279. The standard InChI is InChI=1S/C56H52N4O/c1-3-4-9-23-42-37-59(43-31-33-54-48(36-43)45-24-16-17-29-53(45)61-54)50-32-30-41(35-47(42)50)44-26-18-28-52-55(44)46-25-14-8-15-27-51(46)60(52)56(57)58-49(40-21-10-5-6-11-22-40)34-38(2)39-19-12-7-13-20-39/h3-4,7-10,12-13,15-21,23-32,34-38,40,54H,5-6,11,14,22,33H2,1-2H3,(H2,57,58)/b4-3-,23-9-,49-34-/t38?,40-,54?/m0/s1. The number of nitrogens with two attached hydrogens (primary N) is 1. The van der Waals surface area contributed by atoms with Crippen LogP contribution in [0.15, 0.2) is 169 Å². The van der Waals surface area contributed by atoms with Gasteiger partial charge in [0.25, 0.3) is 0 Å². The predicted molar refractivity (Wildman–Crippen MR) is 257 cm³/mol. The van der Waals surface area contributed by atoms with Crippen molar-refractivity contribution in [2.75, 3.05) is 0 Å². The molecule has 3 atom stereocenters. The number of nitrogens with zero attached hydrogens (tertiary/aromatic N) is 3. The Labute approximate surface area is 358 Å². The molecule has 2 N–H and O–H groups in total. The molecule has 0 bridgehead atoms. The predicted octanol–water partition coefficient (Wildman–Crippen LogP) is 12.1. The van der Waals surface area contributed by atoms with Crippen LogP contribution in [0, 0.1) is 5.92 Å². The molecule has 0 amide bonds. The second-order valence-corrected chi connectivity index (χ2v) is 16.6. The van der Waals surface area contributed by atoms with Crippen LogP contribution in [0.4, 0.5) is 0 Å². The fourth-order valence-electron chi connectivity index (χ4n) is 9.63. The number of rotatable bonds is 8. The van der Waals surface area contributed by atoms with Crippen molar-refractivity contribution in [1.29, 1.82) is 0 Å². The first-order chi connectivity index (χ1) is 30.1. The van der Waals surface area contributed by atoms with Crippen molar-refractivity contribution in [3.63, 3.8) is 0 Å². The molecule has 3 heterocycles. The number of para-hydroxylation sites is 1. The van der Waals surface area contributed by atoms with Crippen molar-refractivity contribution >= 4 is 57.3 Å². The molecule has 5 nitrogen and oxygen atoms in total. The van der Waals surface area contributed by atoms with E-state index in [1.807, 2.05) is 6.07 Å². The Hall–Kier alpha value is -6.85. The highest BCUT2D eigenvalue weighted by Gasteiger charge is 2.30. The van der Waals surface area contributed by atoms with E-state index < -0.39 is 0 Å². The molecule has 2 aromatic heterocycles. The van der Waals surface area contributed by atoms with Crippen LogP contribution in [-0.2, 0) is 0 Å². The smallest absolute Gasteiger partial charge is 0.205 e. The second kappa shape index (κ2) is 16.7. The molecule has 0 fully saturated rings. The van der Waals surface area contributed by atoms with Crippen molar-refractivity contribution in [2.24, 2.45) is 16.6 Å². The Kier molecular flexibility index (Phi) is 10.5. The minimum Gasteiger partial charge on any atom is -0.485 e. The fraction of sp³-hybridized carbons (Fsp3) is 0.196. The van der Waals surface area contributed by atoms with Crippen LogP contribution in [0.1, 0.15) is 75.0 Å². The van der Waals surface area contributed by atoms with Crippen molar-refractivity contribution in [3.05, 3.63) is 191 Å². The third kappa shape index (κ3) is 7.29. The van der Waals surface area contributed by atoms with Gasteiger partial charge >= 0.3 is 0 Å². The Balaban J connectivity index is 1.11. The van der Waals surface area contributed by atoms with Crippen molar-refractivity contribution in [3.8, 4) is 16.9 Å². The first kappa shape index (κ1) is 38.4. The summed E-state index contributed by atoms with van der Waals surface area (Å²) in [4.78, 5) is 5.38. The van der Waals surface area contributed by atoms with Gasteiger partial charge in [-0.25, -0.2) is 4.99 Å². The van der Waals surface area contributed by atoms with E-state index in [2.05, 4.69) is 193 Å². The van der Waals surface area contributed by atoms with Gasteiger partial charge in [-0.3, -0.25) is 4.57 Å². The molecule has 4 aliphatic rings. The van der Waals surface area contributed by atoms with Gasteiger partial charge < -0.3 is 15.0 Å². The minimum atomic E-state index is 0.0593. The molecule has 3 aliphatic carbocycles. The number of ether oxygens (including phenoxy) is 1. The van der Waals surface area contributed by atoms with Crippen LogP contribution < -0.4 is 21.0 Å². The molecule has 4 aromatic carbocycles. The molecule has 10 rings (SSSR count). The van der Waals surface area contributed by atoms with Crippen LogP contribution in [0.25, 0.3) is 62.4 Å². The van der Waals surface area contributed by atoms with Crippen LogP contribution in [0.3, 0.4) is 0 Å². The van der Waals surface area contributed by atoms with E-state index in [-0.39, 0.29) is 17.9 Å². The average molecular weight is 797 g/mol. The van der Waals surface area contributed by atoms with Crippen molar-refractivity contribution in [2.45, 2.75) is 64.4 Å². The van der Waals surface area contributed by atoms with Gasteiger partial charge in [0, 0.05) is 68.5 Å². The topological polar surface area (TPSA) is 57.5 Å². The molecular weight excluding hydrogens is 745 g/mol. The van der Waals surface area contributed by atoms with E-state index in [0.29, 0.717) is 5.96 Å². The van der Waals surface area contributed by atoms with E-state index in [0.717, 1.165) is 59.3 Å². The number of benzene rings is 4. The molecule has 2 unspecified atom stereocenters. The van der Waals surface area contributed by atoms with E-state index >= 15 is 0 Å². The molecule has 0 saturated carbocycles. The summed E-state index contributed by atoms with van der Waals surface area (Å²) in [6, 6.07) is 32.6. The number of aliphatic imine (C=N–C) groups is 1.